The minimum atomic E-state index is 0.663. The van der Waals surface area contributed by atoms with Gasteiger partial charge in [0, 0.05) is 6.54 Å². The molecule has 0 fully saturated rings. The standard InChI is InChI=1S/C5H12N2.2C2H6.C2H2/c1-2-4-7-5-3-6;3*1-2/h4H,2-3,5-6H2,1H3;2*1-2H3;1-2H. The number of terminal acetylenes is 1. The molecule has 0 rings (SSSR count). The number of aliphatic imine (C=N–C) groups is 1. The Morgan fingerprint density at radius 1 is 1.15 bits per heavy atom. The van der Waals surface area contributed by atoms with Crippen LogP contribution in [0.3, 0.4) is 0 Å². The van der Waals surface area contributed by atoms with Gasteiger partial charge in [-0.15, -0.1) is 12.8 Å². The van der Waals surface area contributed by atoms with Crippen molar-refractivity contribution < 1.29 is 0 Å². The molecule has 0 aromatic rings. The maximum atomic E-state index is 5.16. The first-order chi connectivity index (χ1) is 6.41. The van der Waals surface area contributed by atoms with Crippen LogP contribution in [-0.4, -0.2) is 19.3 Å². The van der Waals surface area contributed by atoms with Gasteiger partial charge in [-0.25, -0.2) is 0 Å². The normalized spacial score (nSPS) is 6.77. The van der Waals surface area contributed by atoms with E-state index in [0.717, 1.165) is 13.0 Å². The van der Waals surface area contributed by atoms with Gasteiger partial charge < -0.3 is 5.73 Å². The van der Waals surface area contributed by atoms with E-state index in [4.69, 9.17) is 5.73 Å². The van der Waals surface area contributed by atoms with Gasteiger partial charge in [0.25, 0.3) is 0 Å². The van der Waals surface area contributed by atoms with E-state index < -0.39 is 0 Å². The van der Waals surface area contributed by atoms with E-state index in [-0.39, 0.29) is 0 Å². The Kier molecular flexibility index (Phi) is 116. The van der Waals surface area contributed by atoms with Crippen LogP contribution in [0.2, 0.25) is 0 Å². The van der Waals surface area contributed by atoms with Crippen LogP contribution >= 0.6 is 0 Å². The molecule has 13 heavy (non-hydrogen) atoms. The van der Waals surface area contributed by atoms with Gasteiger partial charge in [-0.3, -0.25) is 4.99 Å². The van der Waals surface area contributed by atoms with Crippen LogP contribution in [-0.2, 0) is 0 Å². The van der Waals surface area contributed by atoms with E-state index in [9.17, 15) is 0 Å². The number of rotatable bonds is 3. The summed E-state index contributed by atoms with van der Waals surface area (Å²) in [6.07, 6.45) is 10.9. The van der Waals surface area contributed by atoms with Crippen molar-refractivity contribution in [1.82, 2.24) is 0 Å². The van der Waals surface area contributed by atoms with Crippen LogP contribution < -0.4 is 5.73 Å². The Bertz CT molecular complexity index is 75.4. The number of hydrogen-bond acceptors (Lipinski definition) is 2. The highest BCUT2D eigenvalue weighted by atomic mass is 14.7. The summed E-state index contributed by atoms with van der Waals surface area (Å²) in [7, 11) is 0. The third kappa shape index (κ3) is 92.9. The first kappa shape index (κ1) is 22.8. The molecule has 0 aliphatic carbocycles. The van der Waals surface area contributed by atoms with Gasteiger partial charge in [-0.05, 0) is 12.6 Å². The highest BCUT2D eigenvalue weighted by Gasteiger charge is 1.67. The summed E-state index contributed by atoms with van der Waals surface area (Å²) in [4.78, 5) is 3.96. The summed E-state index contributed by atoms with van der Waals surface area (Å²) < 4.78 is 0. The van der Waals surface area contributed by atoms with Crippen LogP contribution in [0, 0.1) is 12.8 Å². The second-order valence-corrected chi connectivity index (χ2v) is 1.29. The van der Waals surface area contributed by atoms with E-state index in [0.29, 0.717) is 6.54 Å². The SMILES string of the molecule is C#C.CC.CC.CCC=NCCN. The number of nitrogens with zero attached hydrogens (tertiary/aromatic N) is 1. The van der Waals surface area contributed by atoms with Crippen molar-refractivity contribution in [3.63, 3.8) is 0 Å². The molecule has 0 bridgehead atoms. The molecule has 0 heterocycles. The van der Waals surface area contributed by atoms with Crippen LogP contribution in [0.25, 0.3) is 0 Å². The molecule has 0 aliphatic rings. The van der Waals surface area contributed by atoms with Gasteiger partial charge >= 0.3 is 0 Å². The molecule has 0 aromatic heterocycles. The largest absolute Gasteiger partial charge is 0.329 e. The molecule has 80 valence electrons. The third-order valence-electron chi connectivity index (χ3n) is 0.570. The summed E-state index contributed by atoms with van der Waals surface area (Å²) in [5, 5.41) is 0. The fourth-order valence-corrected chi connectivity index (χ4v) is 0.295. The van der Waals surface area contributed by atoms with Gasteiger partial charge in [0.15, 0.2) is 0 Å². The molecule has 2 N–H and O–H groups in total. The molecule has 2 nitrogen and oxygen atoms in total. The summed E-state index contributed by atoms with van der Waals surface area (Å²) >= 11 is 0. The van der Waals surface area contributed by atoms with Crippen molar-refractivity contribution in [2.45, 2.75) is 41.0 Å². The monoisotopic (exact) mass is 186 g/mol. The molecule has 0 unspecified atom stereocenters. The van der Waals surface area contributed by atoms with Crippen LogP contribution in [0.15, 0.2) is 4.99 Å². The van der Waals surface area contributed by atoms with Crippen LogP contribution in [0.4, 0.5) is 0 Å². The Balaban J connectivity index is -0.0000000573. The summed E-state index contributed by atoms with van der Waals surface area (Å²) in [6, 6.07) is 0. The van der Waals surface area contributed by atoms with Crippen molar-refractivity contribution in [2.24, 2.45) is 10.7 Å². The molecule has 0 aliphatic heterocycles. The predicted octanol–water partition coefficient (Wildman–Crippen LogP) is 2.73. The molecule has 0 radical (unpaired) electrons. The lowest BCUT2D eigenvalue weighted by Gasteiger charge is -1.81. The molecular weight excluding hydrogens is 160 g/mol. The smallest absolute Gasteiger partial charge is 0.0508 e. The van der Waals surface area contributed by atoms with Crippen LogP contribution in [0.1, 0.15) is 41.0 Å². The maximum Gasteiger partial charge on any atom is 0.0508 e. The molecular formula is C11H26N2. The zero-order valence-corrected chi connectivity index (χ0v) is 9.88. The maximum absolute atomic E-state index is 5.16. The quantitative estimate of drug-likeness (QED) is 0.534. The lowest BCUT2D eigenvalue weighted by atomic mass is 10.5. The van der Waals surface area contributed by atoms with Gasteiger partial charge in [0.05, 0.1) is 6.54 Å². The first-order valence-electron chi connectivity index (χ1n) is 4.93. The van der Waals surface area contributed by atoms with Crippen molar-refractivity contribution >= 4 is 6.21 Å². The Labute approximate surface area is 84.6 Å². The molecule has 0 saturated carbocycles. The molecule has 0 spiro atoms. The van der Waals surface area contributed by atoms with Gasteiger partial charge in [-0.2, -0.15) is 0 Å². The van der Waals surface area contributed by atoms with Gasteiger partial charge in [0.1, 0.15) is 0 Å². The van der Waals surface area contributed by atoms with Crippen molar-refractivity contribution in [2.75, 3.05) is 13.1 Å². The molecule has 0 amide bonds. The predicted molar refractivity (Wildman–Crippen MR) is 65.3 cm³/mol. The fraction of sp³-hybridized carbons (Fsp3) is 0.727. The third-order valence-corrected chi connectivity index (χ3v) is 0.570. The average Bonchev–Trinajstić information content (AvgIpc) is 2.27. The first-order valence-corrected chi connectivity index (χ1v) is 4.93. The zero-order valence-electron chi connectivity index (χ0n) is 9.88. The zero-order chi connectivity index (χ0) is 11.5. The summed E-state index contributed by atoms with van der Waals surface area (Å²) in [6.45, 7) is 11.5. The van der Waals surface area contributed by atoms with Crippen molar-refractivity contribution in [3.05, 3.63) is 0 Å². The number of hydrogen-bond donors (Lipinski definition) is 1. The topological polar surface area (TPSA) is 38.4 Å². The van der Waals surface area contributed by atoms with E-state index in [1.54, 1.807) is 0 Å². The molecule has 0 saturated heterocycles. The van der Waals surface area contributed by atoms with Crippen molar-refractivity contribution in [3.8, 4) is 12.8 Å². The van der Waals surface area contributed by atoms with Crippen molar-refractivity contribution in [1.29, 1.82) is 0 Å². The van der Waals surface area contributed by atoms with Gasteiger partial charge in [0.2, 0.25) is 0 Å². The minimum Gasteiger partial charge on any atom is -0.329 e. The average molecular weight is 186 g/mol. The number of nitrogens with two attached hydrogens (primary N) is 1. The second kappa shape index (κ2) is 66.2. The molecule has 0 atom stereocenters. The highest BCUT2D eigenvalue weighted by Crippen LogP contribution is 1.67. The van der Waals surface area contributed by atoms with E-state index in [1.807, 2.05) is 33.9 Å². The lowest BCUT2D eigenvalue weighted by molar-refractivity contribution is 0.975. The Hall–Kier alpha value is -0.810. The lowest BCUT2D eigenvalue weighted by Crippen LogP contribution is -2.01. The van der Waals surface area contributed by atoms with E-state index in [2.05, 4.69) is 24.8 Å². The minimum absolute atomic E-state index is 0.663. The summed E-state index contributed by atoms with van der Waals surface area (Å²) in [5.41, 5.74) is 5.16. The van der Waals surface area contributed by atoms with Crippen LogP contribution in [0.5, 0.6) is 0 Å². The van der Waals surface area contributed by atoms with E-state index in [1.165, 1.54) is 0 Å². The Morgan fingerprint density at radius 2 is 1.54 bits per heavy atom. The Morgan fingerprint density at radius 3 is 1.77 bits per heavy atom. The second-order valence-electron chi connectivity index (χ2n) is 1.29. The fourth-order valence-electron chi connectivity index (χ4n) is 0.295. The van der Waals surface area contributed by atoms with Gasteiger partial charge in [-0.1, -0.05) is 34.6 Å². The molecule has 0 aromatic carbocycles. The van der Waals surface area contributed by atoms with E-state index >= 15 is 0 Å². The summed E-state index contributed by atoms with van der Waals surface area (Å²) in [5.74, 6) is 0. The highest BCUT2D eigenvalue weighted by molar-refractivity contribution is 5.56. The molecule has 2 heteroatoms.